The van der Waals surface area contributed by atoms with Gasteiger partial charge in [0.05, 0.1) is 10.7 Å². The smallest absolute Gasteiger partial charge is 0.410 e. The van der Waals surface area contributed by atoms with Crippen LogP contribution in [0.3, 0.4) is 0 Å². The van der Waals surface area contributed by atoms with E-state index >= 15 is 0 Å². The number of likely N-dealkylation sites (tertiary alicyclic amines) is 1. The van der Waals surface area contributed by atoms with E-state index in [9.17, 15) is 9.18 Å². The summed E-state index contributed by atoms with van der Waals surface area (Å²) in [4.78, 5) is 22.4. The SMILES string of the molecule is CC(C)(C)OC(=O)N1CCC(c2nc(COc3ccc(N=CN=NN)c(F)c3)cs2)CC1. The number of aliphatic imine (C=N–C) groups is 1. The van der Waals surface area contributed by atoms with Crippen LogP contribution in [0.25, 0.3) is 0 Å². The zero-order chi connectivity index (χ0) is 23.1. The number of ether oxygens (including phenoxy) is 2. The Hall–Kier alpha value is -3.08. The number of carbonyl (C=O) groups excluding carboxylic acids is 1. The summed E-state index contributed by atoms with van der Waals surface area (Å²) < 4.78 is 25.2. The highest BCUT2D eigenvalue weighted by Gasteiger charge is 2.28. The third-order valence-corrected chi connectivity index (χ3v) is 5.74. The summed E-state index contributed by atoms with van der Waals surface area (Å²) in [6, 6.07) is 4.36. The van der Waals surface area contributed by atoms with Crippen molar-refractivity contribution in [1.29, 1.82) is 0 Å². The molecule has 1 aromatic carbocycles. The lowest BCUT2D eigenvalue weighted by Crippen LogP contribution is -2.41. The molecule has 2 heterocycles. The van der Waals surface area contributed by atoms with Crippen molar-refractivity contribution in [2.45, 2.75) is 51.7 Å². The third kappa shape index (κ3) is 6.71. The lowest BCUT2D eigenvalue weighted by molar-refractivity contribution is 0.0204. The highest BCUT2D eigenvalue weighted by molar-refractivity contribution is 7.09. The van der Waals surface area contributed by atoms with Crippen molar-refractivity contribution in [2.75, 3.05) is 13.1 Å². The number of benzene rings is 1. The van der Waals surface area contributed by atoms with E-state index in [0.29, 0.717) is 24.8 Å². The van der Waals surface area contributed by atoms with Crippen LogP contribution in [-0.2, 0) is 11.3 Å². The van der Waals surface area contributed by atoms with Gasteiger partial charge in [0, 0.05) is 30.5 Å². The Morgan fingerprint density at radius 2 is 2.12 bits per heavy atom. The minimum absolute atomic E-state index is 0.110. The molecule has 32 heavy (non-hydrogen) atoms. The molecule has 2 N–H and O–H groups in total. The molecule has 1 saturated heterocycles. The summed E-state index contributed by atoms with van der Waals surface area (Å²) >= 11 is 1.58. The molecule has 2 aromatic rings. The van der Waals surface area contributed by atoms with Gasteiger partial charge in [-0.05, 0) is 45.7 Å². The van der Waals surface area contributed by atoms with Gasteiger partial charge in [-0.15, -0.1) is 16.5 Å². The number of thiazole rings is 1. The van der Waals surface area contributed by atoms with Gasteiger partial charge < -0.3 is 20.2 Å². The number of piperidine rings is 1. The Kier molecular flexibility index (Phi) is 7.73. The lowest BCUT2D eigenvalue weighted by atomic mass is 9.98. The van der Waals surface area contributed by atoms with Gasteiger partial charge in [-0.2, -0.15) is 0 Å². The average Bonchev–Trinajstić information content (AvgIpc) is 3.22. The van der Waals surface area contributed by atoms with Gasteiger partial charge in [-0.3, -0.25) is 0 Å². The second-order valence-corrected chi connectivity index (χ2v) is 9.19. The molecule has 11 heteroatoms. The fraction of sp³-hybridized carbons (Fsp3) is 0.476. The summed E-state index contributed by atoms with van der Waals surface area (Å²) in [5, 5.41) is 9.35. The summed E-state index contributed by atoms with van der Waals surface area (Å²) in [5.41, 5.74) is 0.398. The van der Waals surface area contributed by atoms with E-state index in [-0.39, 0.29) is 18.4 Å². The van der Waals surface area contributed by atoms with Gasteiger partial charge in [0.2, 0.25) is 0 Å². The van der Waals surface area contributed by atoms with Crippen LogP contribution >= 0.6 is 11.3 Å². The number of nitrogens with zero attached hydrogens (tertiary/aromatic N) is 5. The zero-order valence-electron chi connectivity index (χ0n) is 18.3. The van der Waals surface area contributed by atoms with Crippen LogP contribution in [-0.4, -0.2) is 41.0 Å². The van der Waals surface area contributed by atoms with Crippen molar-refractivity contribution in [3.05, 3.63) is 40.1 Å². The molecule has 0 radical (unpaired) electrons. The van der Waals surface area contributed by atoms with Gasteiger partial charge in [0.15, 0.2) is 5.82 Å². The molecule has 1 amide bonds. The van der Waals surface area contributed by atoms with Crippen molar-refractivity contribution in [3.63, 3.8) is 0 Å². The molecule has 0 bridgehead atoms. The van der Waals surface area contributed by atoms with E-state index in [4.69, 9.17) is 15.3 Å². The molecule has 1 fully saturated rings. The number of carbonyl (C=O) groups is 1. The number of aromatic nitrogens is 1. The minimum atomic E-state index is -0.540. The maximum atomic E-state index is 14.1. The van der Waals surface area contributed by atoms with Gasteiger partial charge in [-0.25, -0.2) is 19.2 Å². The zero-order valence-corrected chi connectivity index (χ0v) is 19.1. The number of amides is 1. The van der Waals surface area contributed by atoms with E-state index in [1.165, 1.54) is 12.1 Å². The fourth-order valence-electron chi connectivity index (χ4n) is 3.17. The molecule has 3 rings (SSSR count). The number of rotatable bonds is 6. The Morgan fingerprint density at radius 1 is 1.38 bits per heavy atom. The summed E-state index contributed by atoms with van der Waals surface area (Å²) in [6.07, 6.45) is 2.47. The van der Waals surface area contributed by atoms with Crippen molar-refractivity contribution >= 4 is 29.5 Å². The van der Waals surface area contributed by atoms with Crippen molar-refractivity contribution in [2.24, 2.45) is 21.2 Å². The Balaban J connectivity index is 1.50. The first-order valence-electron chi connectivity index (χ1n) is 10.2. The van der Waals surface area contributed by atoms with Gasteiger partial charge in [0.25, 0.3) is 0 Å². The van der Waals surface area contributed by atoms with Crippen LogP contribution < -0.4 is 10.6 Å². The minimum Gasteiger partial charge on any atom is -0.487 e. The van der Waals surface area contributed by atoms with E-state index < -0.39 is 11.4 Å². The van der Waals surface area contributed by atoms with Crippen molar-refractivity contribution in [3.8, 4) is 5.75 Å². The molecule has 172 valence electrons. The van der Waals surface area contributed by atoms with Crippen LogP contribution in [0, 0.1) is 5.82 Å². The summed E-state index contributed by atoms with van der Waals surface area (Å²) in [6.45, 7) is 7.12. The molecule has 1 aliphatic rings. The third-order valence-electron chi connectivity index (χ3n) is 4.69. The second kappa shape index (κ2) is 10.5. The Morgan fingerprint density at radius 3 is 2.78 bits per heavy atom. The topological polar surface area (TPSA) is 115 Å². The van der Waals surface area contributed by atoms with E-state index in [0.717, 1.165) is 29.9 Å². The van der Waals surface area contributed by atoms with Gasteiger partial charge >= 0.3 is 6.09 Å². The summed E-state index contributed by atoms with van der Waals surface area (Å²) in [7, 11) is 0. The molecule has 9 nitrogen and oxygen atoms in total. The molecule has 1 aliphatic heterocycles. The molecule has 1 aromatic heterocycles. The van der Waals surface area contributed by atoms with Crippen LogP contribution in [0.4, 0.5) is 14.9 Å². The van der Waals surface area contributed by atoms with Gasteiger partial charge in [0.1, 0.15) is 30.0 Å². The number of hydrogen-bond acceptors (Lipinski definition) is 7. The van der Waals surface area contributed by atoms with E-state index in [1.807, 2.05) is 26.2 Å². The quantitative estimate of drug-likeness (QED) is 0.214. The second-order valence-electron chi connectivity index (χ2n) is 8.30. The predicted molar refractivity (Wildman–Crippen MR) is 120 cm³/mol. The number of halogens is 1. The Bertz CT molecular complexity index is 980. The Labute approximate surface area is 190 Å². The number of hydrogen-bond donors (Lipinski definition) is 1. The molecular weight excluding hydrogens is 435 g/mol. The molecule has 0 atom stereocenters. The first kappa shape index (κ1) is 23.6. The molecule has 0 spiro atoms. The first-order valence-corrected chi connectivity index (χ1v) is 11.1. The van der Waals surface area contributed by atoms with Crippen LogP contribution in [0.2, 0.25) is 0 Å². The molecule has 0 unspecified atom stereocenters. The number of nitrogens with two attached hydrogens (primary N) is 1. The maximum Gasteiger partial charge on any atom is 0.410 e. The van der Waals surface area contributed by atoms with Gasteiger partial charge in [-0.1, -0.05) is 5.22 Å². The average molecular weight is 463 g/mol. The van der Waals surface area contributed by atoms with Crippen LogP contribution in [0.5, 0.6) is 5.75 Å². The summed E-state index contributed by atoms with van der Waals surface area (Å²) in [5.74, 6) is 5.00. The van der Waals surface area contributed by atoms with E-state index in [2.05, 4.69) is 20.3 Å². The first-order chi connectivity index (χ1) is 15.2. The normalized spacial score (nSPS) is 15.6. The highest BCUT2D eigenvalue weighted by Crippen LogP contribution is 2.31. The maximum absolute atomic E-state index is 14.1. The highest BCUT2D eigenvalue weighted by atomic mass is 32.1. The largest absolute Gasteiger partial charge is 0.487 e. The van der Waals surface area contributed by atoms with Crippen molar-refractivity contribution < 1.29 is 18.7 Å². The molecular formula is C21H27FN6O3S. The molecule has 0 saturated carbocycles. The van der Waals surface area contributed by atoms with Crippen molar-refractivity contribution in [1.82, 2.24) is 9.88 Å². The van der Waals surface area contributed by atoms with Crippen LogP contribution in [0.15, 0.2) is 38.9 Å². The predicted octanol–water partition coefficient (Wildman–Crippen LogP) is 4.96. The monoisotopic (exact) mass is 462 g/mol. The fourth-order valence-corrected chi connectivity index (χ4v) is 4.14. The van der Waals surface area contributed by atoms with E-state index in [1.54, 1.807) is 22.3 Å². The lowest BCUT2D eigenvalue weighted by Gasteiger charge is -2.32. The standard InChI is InChI=1S/C21H27FN6O3S/c1-21(2,3)31-20(29)28-8-6-14(7-9-28)19-26-15(12-32-19)11-30-16-4-5-18(17(22)10-16)24-13-25-27-23/h4-5,10,12-14H,6-9,11H2,1-3H3,(H2,23,24,25). The molecule has 0 aliphatic carbocycles. The van der Waals surface area contributed by atoms with Crippen LogP contribution in [0.1, 0.15) is 50.2 Å².